The molecule has 0 aromatic rings. The smallest absolute Gasteiger partial charge is 0.306 e. The number of unbranched alkanes of at least 4 members (excludes halogenated alkanes) is 24. The molecule has 0 rings (SSSR count). The summed E-state index contributed by atoms with van der Waals surface area (Å²) in [5.41, 5.74) is 0. The summed E-state index contributed by atoms with van der Waals surface area (Å²) in [6.07, 6.45) is 47.6. The second kappa shape index (κ2) is 37.9. The molecule has 1 atom stereocenters. The van der Waals surface area contributed by atoms with Gasteiger partial charge in [-0.2, -0.15) is 0 Å². The van der Waals surface area contributed by atoms with E-state index in [4.69, 9.17) is 9.84 Å². The quantitative estimate of drug-likeness (QED) is 0.0414. The lowest BCUT2D eigenvalue weighted by Crippen LogP contribution is -2.18. The summed E-state index contributed by atoms with van der Waals surface area (Å²) in [4.78, 5) is 23.5. The first-order valence-electron chi connectivity index (χ1n) is 20.3. The summed E-state index contributed by atoms with van der Waals surface area (Å²) >= 11 is 0. The van der Waals surface area contributed by atoms with E-state index in [1.54, 1.807) is 0 Å². The minimum Gasteiger partial charge on any atom is -0.481 e. The average Bonchev–Trinajstić information content (AvgIpc) is 3.04. The second-order valence-corrected chi connectivity index (χ2v) is 13.8. The number of hydrogen-bond donors (Lipinski definition) is 1. The van der Waals surface area contributed by atoms with Crippen molar-refractivity contribution in [2.75, 3.05) is 0 Å². The Hall–Kier alpha value is -1.58. The zero-order valence-electron chi connectivity index (χ0n) is 30.9. The van der Waals surface area contributed by atoms with E-state index in [1.807, 2.05) is 0 Å². The highest BCUT2D eigenvalue weighted by atomic mass is 16.5. The molecule has 46 heavy (non-hydrogen) atoms. The summed E-state index contributed by atoms with van der Waals surface area (Å²) in [6.45, 7) is 4.52. The summed E-state index contributed by atoms with van der Waals surface area (Å²) in [6, 6.07) is 0. The van der Waals surface area contributed by atoms with Crippen LogP contribution in [0.1, 0.15) is 226 Å². The maximum absolute atomic E-state index is 12.5. The van der Waals surface area contributed by atoms with Crippen LogP contribution in [-0.2, 0) is 14.3 Å². The summed E-state index contributed by atoms with van der Waals surface area (Å²) < 4.78 is 5.84. The number of carbonyl (C=O) groups is 2. The molecule has 1 unspecified atom stereocenters. The van der Waals surface area contributed by atoms with Crippen molar-refractivity contribution >= 4 is 11.9 Å². The van der Waals surface area contributed by atoms with Crippen LogP contribution in [0.3, 0.4) is 0 Å². The Morgan fingerprint density at radius 2 is 0.870 bits per heavy atom. The molecule has 4 heteroatoms. The number of allylic oxidation sites excluding steroid dienone is 4. The topological polar surface area (TPSA) is 63.6 Å². The van der Waals surface area contributed by atoms with E-state index >= 15 is 0 Å². The van der Waals surface area contributed by atoms with Crippen molar-refractivity contribution < 1.29 is 19.4 Å². The van der Waals surface area contributed by atoms with E-state index in [-0.39, 0.29) is 18.5 Å². The molecule has 0 spiro atoms. The van der Waals surface area contributed by atoms with Crippen LogP contribution in [0.4, 0.5) is 0 Å². The van der Waals surface area contributed by atoms with Crippen LogP contribution < -0.4 is 0 Å². The number of esters is 1. The van der Waals surface area contributed by atoms with Crippen molar-refractivity contribution in [1.82, 2.24) is 0 Å². The van der Waals surface area contributed by atoms with Crippen LogP contribution in [0.25, 0.3) is 0 Å². The number of carboxylic acids is 1. The predicted octanol–water partition coefficient (Wildman–Crippen LogP) is 14.0. The largest absolute Gasteiger partial charge is 0.481 e. The highest BCUT2D eigenvalue weighted by Gasteiger charge is 2.15. The van der Waals surface area contributed by atoms with Crippen molar-refractivity contribution in [2.24, 2.45) is 0 Å². The third kappa shape index (κ3) is 36.9. The predicted molar refractivity (Wildman–Crippen MR) is 200 cm³/mol. The van der Waals surface area contributed by atoms with Gasteiger partial charge in [0.25, 0.3) is 0 Å². The molecule has 0 radical (unpaired) electrons. The Morgan fingerprint density at radius 3 is 1.37 bits per heavy atom. The Bertz CT molecular complexity index is 698. The maximum Gasteiger partial charge on any atom is 0.306 e. The van der Waals surface area contributed by atoms with Crippen molar-refractivity contribution in [1.29, 1.82) is 0 Å². The maximum atomic E-state index is 12.5. The fraction of sp³-hybridized carbons (Fsp3) is 0.857. The van der Waals surface area contributed by atoms with Gasteiger partial charge < -0.3 is 9.84 Å². The third-order valence-corrected chi connectivity index (χ3v) is 9.18. The first-order valence-corrected chi connectivity index (χ1v) is 20.3. The molecule has 270 valence electrons. The van der Waals surface area contributed by atoms with Gasteiger partial charge in [-0.25, -0.2) is 0 Å². The van der Waals surface area contributed by atoms with E-state index in [0.717, 1.165) is 32.1 Å². The van der Waals surface area contributed by atoms with Gasteiger partial charge in [0.2, 0.25) is 0 Å². The number of ether oxygens (including phenoxy) is 1. The molecule has 0 heterocycles. The van der Waals surface area contributed by atoms with E-state index in [1.165, 1.54) is 154 Å². The van der Waals surface area contributed by atoms with Gasteiger partial charge >= 0.3 is 11.9 Å². The summed E-state index contributed by atoms with van der Waals surface area (Å²) in [7, 11) is 0. The zero-order chi connectivity index (χ0) is 33.6. The Kier molecular flexibility index (Phi) is 36.6. The molecule has 0 aromatic heterocycles. The van der Waals surface area contributed by atoms with Crippen molar-refractivity contribution in [3.05, 3.63) is 24.3 Å². The van der Waals surface area contributed by atoms with Gasteiger partial charge in [0.15, 0.2) is 0 Å². The number of hydrogen-bond acceptors (Lipinski definition) is 3. The lowest BCUT2D eigenvalue weighted by atomic mass is 10.0. The van der Waals surface area contributed by atoms with Gasteiger partial charge in [0, 0.05) is 12.8 Å². The van der Waals surface area contributed by atoms with Gasteiger partial charge in [-0.3, -0.25) is 9.59 Å². The van der Waals surface area contributed by atoms with Crippen LogP contribution in [0.5, 0.6) is 0 Å². The molecule has 0 aromatic carbocycles. The SMILES string of the molecule is CCCCC/C=C\C/C=C\CCCCCCCCCCCC(=O)OC(CCCCCCCCCCCCCCC)CCCC(=O)O. The standard InChI is InChI=1S/C42H78O4/c1-3-5-7-9-11-13-15-17-18-19-20-21-22-24-26-28-30-32-34-39-42(45)46-40(37-35-38-41(43)44)36-33-31-29-27-25-23-16-14-12-10-8-6-4-2/h11,13,17-18,40H,3-10,12,14-16,19-39H2,1-2H3,(H,43,44)/b13-11-,18-17-. The first kappa shape index (κ1) is 44.4. The van der Waals surface area contributed by atoms with Gasteiger partial charge in [-0.05, 0) is 64.2 Å². The minimum atomic E-state index is -0.768. The van der Waals surface area contributed by atoms with E-state index in [0.29, 0.717) is 19.3 Å². The van der Waals surface area contributed by atoms with Crippen molar-refractivity contribution in [3.8, 4) is 0 Å². The molecule has 0 amide bonds. The molecule has 0 saturated heterocycles. The van der Waals surface area contributed by atoms with E-state index in [2.05, 4.69) is 38.2 Å². The highest BCUT2D eigenvalue weighted by Crippen LogP contribution is 2.18. The van der Waals surface area contributed by atoms with Crippen LogP contribution >= 0.6 is 0 Å². The molecule has 0 aliphatic rings. The highest BCUT2D eigenvalue weighted by molar-refractivity contribution is 5.69. The monoisotopic (exact) mass is 647 g/mol. The van der Waals surface area contributed by atoms with E-state index in [9.17, 15) is 9.59 Å². The number of rotatable bonds is 37. The van der Waals surface area contributed by atoms with Crippen molar-refractivity contribution in [2.45, 2.75) is 232 Å². The minimum absolute atomic E-state index is 0.0907. The van der Waals surface area contributed by atoms with Crippen molar-refractivity contribution in [3.63, 3.8) is 0 Å². The Balaban J connectivity index is 3.77. The van der Waals surface area contributed by atoms with Crippen LogP contribution in [0.15, 0.2) is 24.3 Å². The van der Waals surface area contributed by atoms with Gasteiger partial charge in [0.1, 0.15) is 6.10 Å². The third-order valence-electron chi connectivity index (χ3n) is 9.18. The lowest BCUT2D eigenvalue weighted by molar-refractivity contribution is -0.150. The van der Waals surface area contributed by atoms with Gasteiger partial charge in [-0.1, -0.05) is 173 Å². The van der Waals surface area contributed by atoms with Crippen LogP contribution in [0, 0.1) is 0 Å². The Labute approximate surface area is 287 Å². The normalized spacial score (nSPS) is 12.4. The first-order chi connectivity index (χ1) is 22.6. The Morgan fingerprint density at radius 1 is 0.478 bits per heavy atom. The number of aliphatic carboxylic acids is 1. The molecular formula is C42H78O4. The lowest BCUT2D eigenvalue weighted by Gasteiger charge is -2.18. The average molecular weight is 647 g/mol. The summed E-state index contributed by atoms with van der Waals surface area (Å²) in [5, 5.41) is 9.02. The van der Waals surface area contributed by atoms with E-state index < -0.39 is 5.97 Å². The molecule has 0 aliphatic carbocycles. The van der Waals surface area contributed by atoms with Gasteiger partial charge in [-0.15, -0.1) is 0 Å². The number of carboxylic acid groups (broad SMARTS) is 1. The number of carbonyl (C=O) groups excluding carboxylic acids is 1. The zero-order valence-corrected chi connectivity index (χ0v) is 30.9. The molecule has 4 nitrogen and oxygen atoms in total. The van der Waals surface area contributed by atoms with Crippen LogP contribution in [-0.4, -0.2) is 23.1 Å². The molecule has 0 bridgehead atoms. The second-order valence-electron chi connectivity index (χ2n) is 13.8. The van der Waals surface area contributed by atoms with Crippen LogP contribution in [0.2, 0.25) is 0 Å². The molecule has 0 saturated carbocycles. The molecular weight excluding hydrogens is 568 g/mol. The fourth-order valence-corrected chi connectivity index (χ4v) is 6.17. The summed E-state index contributed by atoms with van der Waals surface area (Å²) in [5.74, 6) is -0.859. The fourth-order valence-electron chi connectivity index (χ4n) is 6.17. The molecule has 0 fully saturated rings. The molecule has 0 aliphatic heterocycles. The molecule has 1 N–H and O–H groups in total. The van der Waals surface area contributed by atoms with Gasteiger partial charge in [0.05, 0.1) is 0 Å².